The molecule has 144 valence electrons. The van der Waals surface area contributed by atoms with Gasteiger partial charge in [0, 0.05) is 24.2 Å². The van der Waals surface area contributed by atoms with Crippen molar-refractivity contribution in [2.24, 2.45) is 0 Å². The van der Waals surface area contributed by atoms with E-state index in [1.54, 1.807) is 0 Å². The number of nitrogens with zero attached hydrogens (tertiary/aromatic N) is 1. The number of piperidine rings is 1. The molecule has 1 N–H and O–H groups in total. The summed E-state index contributed by atoms with van der Waals surface area (Å²) in [6, 6.07) is 8.31. The third-order valence-corrected chi connectivity index (χ3v) is 6.63. The van der Waals surface area contributed by atoms with Crippen LogP contribution in [0, 0.1) is 11.6 Å². The summed E-state index contributed by atoms with van der Waals surface area (Å²) in [7, 11) is -3.72. The molecule has 8 heteroatoms. The Balaban J connectivity index is 1.85. The molecule has 1 fully saturated rings. The number of amides is 1. The van der Waals surface area contributed by atoms with Crippen LogP contribution in [0.3, 0.4) is 0 Å². The smallest absolute Gasteiger partial charge is 0.255 e. The molecule has 0 saturated carbocycles. The van der Waals surface area contributed by atoms with Gasteiger partial charge in [-0.3, -0.25) is 4.79 Å². The first-order valence-corrected chi connectivity index (χ1v) is 10.1. The van der Waals surface area contributed by atoms with E-state index in [0.29, 0.717) is 12.6 Å². The maximum Gasteiger partial charge on any atom is 0.255 e. The molecule has 2 aromatic rings. The third kappa shape index (κ3) is 4.17. The maximum absolute atomic E-state index is 13.7. The molecule has 1 aliphatic heterocycles. The number of halogens is 2. The van der Waals surface area contributed by atoms with E-state index in [2.05, 4.69) is 5.32 Å². The van der Waals surface area contributed by atoms with Crippen LogP contribution >= 0.6 is 0 Å². The number of rotatable bonds is 4. The Kier molecular flexibility index (Phi) is 5.57. The second-order valence-corrected chi connectivity index (χ2v) is 8.46. The molecule has 1 aliphatic rings. The average Bonchev–Trinajstić information content (AvgIpc) is 2.64. The van der Waals surface area contributed by atoms with E-state index in [1.165, 1.54) is 28.6 Å². The molecule has 1 saturated heterocycles. The van der Waals surface area contributed by atoms with Crippen LogP contribution in [0.5, 0.6) is 0 Å². The second-order valence-electron chi connectivity index (χ2n) is 6.57. The van der Waals surface area contributed by atoms with Gasteiger partial charge in [0.15, 0.2) is 0 Å². The summed E-state index contributed by atoms with van der Waals surface area (Å²) in [5, 5.41) is 2.33. The fraction of sp³-hybridized carbons (Fsp3) is 0.316. The molecule has 0 aromatic heterocycles. The van der Waals surface area contributed by atoms with Crippen molar-refractivity contribution in [1.29, 1.82) is 0 Å². The van der Waals surface area contributed by atoms with E-state index < -0.39 is 27.6 Å². The highest BCUT2D eigenvalue weighted by molar-refractivity contribution is 7.89. The normalized spacial score (nSPS) is 18.3. The van der Waals surface area contributed by atoms with E-state index in [-0.39, 0.29) is 22.2 Å². The summed E-state index contributed by atoms with van der Waals surface area (Å²) < 4.78 is 54.0. The molecule has 27 heavy (non-hydrogen) atoms. The predicted molar refractivity (Wildman–Crippen MR) is 98.0 cm³/mol. The molecule has 0 aliphatic carbocycles. The highest BCUT2D eigenvalue weighted by atomic mass is 32.2. The van der Waals surface area contributed by atoms with Gasteiger partial charge in [-0.15, -0.1) is 0 Å². The van der Waals surface area contributed by atoms with Gasteiger partial charge in [0.2, 0.25) is 10.0 Å². The summed E-state index contributed by atoms with van der Waals surface area (Å²) in [5.74, 6) is -2.34. The maximum atomic E-state index is 13.7. The Morgan fingerprint density at radius 3 is 2.63 bits per heavy atom. The largest absolute Gasteiger partial charge is 0.319 e. The summed E-state index contributed by atoms with van der Waals surface area (Å²) in [5.41, 5.74) is -0.108. The standard InChI is InChI=1S/C19H20F2N2O3S/c1-13-5-2-3-10-23(13)27(25,26)16-7-4-6-14(11-16)19(24)22-18-9-8-15(20)12-17(18)21/h4,6-9,11-13H,2-3,5,10H2,1H3,(H,22,24). The lowest BCUT2D eigenvalue weighted by molar-refractivity contribution is 0.102. The van der Waals surface area contributed by atoms with Crippen molar-refractivity contribution in [1.82, 2.24) is 4.31 Å². The highest BCUT2D eigenvalue weighted by Gasteiger charge is 2.31. The van der Waals surface area contributed by atoms with E-state index in [1.807, 2.05) is 6.92 Å². The number of benzene rings is 2. The van der Waals surface area contributed by atoms with Gasteiger partial charge in [-0.2, -0.15) is 4.31 Å². The topological polar surface area (TPSA) is 66.5 Å². The van der Waals surface area contributed by atoms with Gasteiger partial charge in [0.05, 0.1) is 10.6 Å². The first-order chi connectivity index (χ1) is 12.8. The fourth-order valence-corrected chi connectivity index (χ4v) is 4.89. The molecule has 1 amide bonds. The van der Waals surface area contributed by atoms with Gasteiger partial charge in [-0.1, -0.05) is 12.5 Å². The monoisotopic (exact) mass is 394 g/mol. The minimum Gasteiger partial charge on any atom is -0.319 e. The SMILES string of the molecule is CC1CCCCN1S(=O)(=O)c1cccc(C(=O)Nc2ccc(F)cc2F)c1. The Morgan fingerprint density at radius 1 is 1.15 bits per heavy atom. The number of nitrogens with one attached hydrogen (secondary N) is 1. The molecule has 3 rings (SSSR count). The summed E-state index contributed by atoms with van der Waals surface area (Å²) in [6.07, 6.45) is 2.58. The molecule has 1 unspecified atom stereocenters. The first-order valence-electron chi connectivity index (χ1n) is 8.67. The minimum atomic E-state index is -3.72. The van der Waals surface area contributed by atoms with Gasteiger partial charge in [-0.05, 0) is 50.1 Å². The lowest BCUT2D eigenvalue weighted by atomic mass is 10.1. The van der Waals surface area contributed by atoms with Crippen LogP contribution in [0.2, 0.25) is 0 Å². The van der Waals surface area contributed by atoms with Crippen molar-refractivity contribution in [2.45, 2.75) is 37.1 Å². The molecule has 1 atom stereocenters. The third-order valence-electron chi connectivity index (χ3n) is 4.62. The van der Waals surface area contributed by atoms with Crippen molar-refractivity contribution in [3.8, 4) is 0 Å². The number of carbonyl (C=O) groups is 1. The molecule has 0 spiro atoms. The van der Waals surface area contributed by atoms with Crippen molar-refractivity contribution in [3.05, 3.63) is 59.7 Å². The quantitative estimate of drug-likeness (QED) is 0.858. The van der Waals surface area contributed by atoms with Gasteiger partial charge in [0.1, 0.15) is 11.6 Å². The van der Waals surface area contributed by atoms with Crippen LogP contribution < -0.4 is 5.32 Å². The van der Waals surface area contributed by atoms with Crippen LogP contribution in [0.15, 0.2) is 47.4 Å². The fourth-order valence-electron chi connectivity index (χ4n) is 3.15. The van der Waals surface area contributed by atoms with E-state index in [4.69, 9.17) is 0 Å². The molecular weight excluding hydrogens is 374 g/mol. The van der Waals surface area contributed by atoms with Crippen LogP contribution in [0.1, 0.15) is 36.5 Å². The highest BCUT2D eigenvalue weighted by Crippen LogP contribution is 2.26. The summed E-state index contributed by atoms with van der Waals surface area (Å²) in [6.45, 7) is 2.31. The average molecular weight is 394 g/mol. The van der Waals surface area contributed by atoms with Crippen LogP contribution in [0.4, 0.5) is 14.5 Å². The van der Waals surface area contributed by atoms with E-state index in [0.717, 1.165) is 31.4 Å². The molecule has 1 heterocycles. The zero-order valence-electron chi connectivity index (χ0n) is 14.8. The van der Waals surface area contributed by atoms with E-state index in [9.17, 15) is 22.0 Å². The number of hydrogen-bond acceptors (Lipinski definition) is 3. The Bertz CT molecular complexity index is 963. The van der Waals surface area contributed by atoms with Crippen LogP contribution in [-0.4, -0.2) is 31.2 Å². The zero-order chi connectivity index (χ0) is 19.6. The molecule has 0 radical (unpaired) electrons. The minimum absolute atomic E-state index is 0.0171. The summed E-state index contributed by atoms with van der Waals surface area (Å²) in [4.78, 5) is 12.4. The molecule has 0 bridgehead atoms. The van der Waals surface area contributed by atoms with Crippen molar-refractivity contribution in [3.63, 3.8) is 0 Å². The second kappa shape index (κ2) is 7.74. The molecule has 2 aromatic carbocycles. The van der Waals surface area contributed by atoms with Crippen LogP contribution in [-0.2, 0) is 10.0 Å². The Morgan fingerprint density at radius 2 is 1.93 bits per heavy atom. The van der Waals surface area contributed by atoms with Crippen molar-refractivity contribution in [2.75, 3.05) is 11.9 Å². The van der Waals surface area contributed by atoms with E-state index >= 15 is 0 Å². The predicted octanol–water partition coefficient (Wildman–Crippen LogP) is 3.78. The van der Waals surface area contributed by atoms with Gasteiger partial charge >= 0.3 is 0 Å². The van der Waals surface area contributed by atoms with Gasteiger partial charge in [-0.25, -0.2) is 17.2 Å². The lowest BCUT2D eigenvalue weighted by Crippen LogP contribution is -2.41. The molecular formula is C19H20F2N2O3S. The van der Waals surface area contributed by atoms with Crippen molar-refractivity contribution >= 4 is 21.6 Å². The zero-order valence-corrected chi connectivity index (χ0v) is 15.6. The molecule has 5 nitrogen and oxygen atoms in total. The summed E-state index contributed by atoms with van der Waals surface area (Å²) >= 11 is 0. The first kappa shape index (κ1) is 19.4. The van der Waals surface area contributed by atoms with Gasteiger partial charge in [0.25, 0.3) is 5.91 Å². The number of sulfonamides is 1. The van der Waals surface area contributed by atoms with Crippen LogP contribution in [0.25, 0.3) is 0 Å². The van der Waals surface area contributed by atoms with Crippen molar-refractivity contribution < 1.29 is 22.0 Å². The van der Waals surface area contributed by atoms with Gasteiger partial charge < -0.3 is 5.32 Å². The Labute approximate surface area is 157 Å². The number of carbonyl (C=O) groups excluding carboxylic acids is 1. The Hall–Kier alpha value is -2.32. The number of hydrogen-bond donors (Lipinski definition) is 1. The lowest BCUT2D eigenvalue weighted by Gasteiger charge is -2.32. The number of anilines is 1.